The molecule has 0 fully saturated rings. The van der Waals surface area contributed by atoms with Crippen molar-refractivity contribution in [3.8, 4) is 5.75 Å². The molecule has 0 atom stereocenters. The van der Waals surface area contributed by atoms with Gasteiger partial charge in [-0.1, -0.05) is 26.0 Å². The Labute approximate surface area is 105 Å². The van der Waals surface area contributed by atoms with Gasteiger partial charge < -0.3 is 18.1 Å². The van der Waals surface area contributed by atoms with Gasteiger partial charge >= 0.3 is 18.9 Å². The summed E-state index contributed by atoms with van der Waals surface area (Å²) in [6.07, 6.45) is 0. The van der Waals surface area contributed by atoms with Crippen molar-refractivity contribution in [2.45, 2.75) is 13.8 Å². The summed E-state index contributed by atoms with van der Waals surface area (Å²) in [6, 6.07) is 8.49. The molecule has 0 spiro atoms. The predicted octanol–water partition coefficient (Wildman–Crippen LogP) is -0.513. The van der Waals surface area contributed by atoms with Crippen molar-refractivity contribution >= 4 is 19.9 Å². The minimum Gasteiger partial charge on any atom is -0.493 e. The number of benzene rings is 1. The number of hydrogen-bond acceptors (Lipinski definition) is 2. The van der Waals surface area contributed by atoms with Gasteiger partial charge in [-0.25, -0.2) is 0 Å². The Balaban J connectivity index is 0.00000196. The summed E-state index contributed by atoms with van der Waals surface area (Å²) in [5.41, 5.74) is 0. The van der Waals surface area contributed by atoms with Gasteiger partial charge in [-0.05, 0) is 24.1 Å². The molecule has 0 N–H and O–H groups in total. The standard InChI is InChI=1S/C11H14O2P.Li/c1-9(2)7-13-10-3-5-11(6-4-10)14-8-12;/h3-6,8-9H,7H2,1-2H3;/q-1;+1. The summed E-state index contributed by atoms with van der Waals surface area (Å²) in [5.74, 6) is 1.39. The zero-order valence-corrected chi connectivity index (χ0v) is 10.3. The second-order valence-electron chi connectivity index (χ2n) is 3.43. The van der Waals surface area contributed by atoms with Gasteiger partial charge in [0.05, 0.1) is 6.61 Å². The van der Waals surface area contributed by atoms with Crippen LogP contribution in [-0.2, 0) is 4.79 Å². The van der Waals surface area contributed by atoms with E-state index >= 15 is 0 Å². The molecule has 0 bridgehead atoms. The molecule has 1 aromatic rings. The van der Waals surface area contributed by atoms with E-state index in [0.717, 1.165) is 23.7 Å². The summed E-state index contributed by atoms with van der Waals surface area (Å²) in [7, 11) is 0.709. The van der Waals surface area contributed by atoms with Gasteiger partial charge in [0.2, 0.25) is 0 Å². The number of rotatable bonds is 5. The number of carbonyl (C=O) groups is 1. The smallest absolute Gasteiger partial charge is 0.493 e. The van der Waals surface area contributed by atoms with Gasteiger partial charge in [-0.3, -0.25) is 0 Å². The molecule has 0 aliphatic heterocycles. The molecule has 1 aromatic carbocycles. The molecule has 0 radical (unpaired) electrons. The zero-order valence-electron chi connectivity index (χ0n) is 9.43. The Bertz CT molecular complexity index is 285. The van der Waals surface area contributed by atoms with Crippen molar-refractivity contribution in [2.75, 3.05) is 6.61 Å². The van der Waals surface area contributed by atoms with Crippen LogP contribution in [0.2, 0.25) is 0 Å². The van der Waals surface area contributed by atoms with Crippen LogP contribution in [0.15, 0.2) is 24.3 Å². The van der Waals surface area contributed by atoms with Crippen molar-refractivity contribution in [1.82, 2.24) is 0 Å². The van der Waals surface area contributed by atoms with Crippen LogP contribution in [0.1, 0.15) is 13.8 Å². The van der Waals surface area contributed by atoms with Crippen LogP contribution in [0.5, 0.6) is 5.75 Å². The Morgan fingerprint density at radius 2 is 1.93 bits per heavy atom. The number of ether oxygens (including phenoxy) is 1. The van der Waals surface area contributed by atoms with Gasteiger partial charge in [0, 0.05) is 0 Å². The van der Waals surface area contributed by atoms with Crippen molar-refractivity contribution < 1.29 is 28.4 Å². The quantitative estimate of drug-likeness (QED) is 0.376. The molecule has 2 nitrogen and oxygen atoms in total. The molecule has 0 saturated carbocycles. The van der Waals surface area contributed by atoms with Crippen LogP contribution in [0.3, 0.4) is 0 Å². The molecule has 0 aliphatic carbocycles. The second-order valence-corrected chi connectivity index (χ2v) is 4.42. The third-order valence-corrected chi connectivity index (χ3v) is 2.32. The van der Waals surface area contributed by atoms with Crippen molar-refractivity contribution in [2.24, 2.45) is 5.92 Å². The van der Waals surface area contributed by atoms with E-state index in [1.807, 2.05) is 24.3 Å². The van der Waals surface area contributed by atoms with E-state index in [2.05, 4.69) is 13.8 Å². The van der Waals surface area contributed by atoms with Crippen LogP contribution in [-0.4, -0.2) is 12.6 Å². The third kappa shape index (κ3) is 6.00. The first kappa shape index (κ1) is 14.7. The molecule has 0 heterocycles. The van der Waals surface area contributed by atoms with Crippen molar-refractivity contribution in [3.05, 3.63) is 24.3 Å². The topological polar surface area (TPSA) is 26.3 Å². The van der Waals surface area contributed by atoms with Gasteiger partial charge in [0.15, 0.2) is 0 Å². The minimum absolute atomic E-state index is 0. The SMILES string of the molecule is CC(C)COc1ccc([P-]C=O)cc1.[Li+]. The monoisotopic (exact) mass is 216 g/mol. The molecule has 1 rings (SSSR count). The van der Waals surface area contributed by atoms with Crippen molar-refractivity contribution in [1.29, 1.82) is 0 Å². The molecule has 0 unspecified atom stereocenters. The van der Waals surface area contributed by atoms with Crippen LogP contribution >= 0.6 is 8.58 Å². The molecule has 15 heavy (non-hydrogen) atoms. The Hall–Kier alpha value is -0.283. The molecular weight excluding hydrogens is 202 g/mol. The summed E-state index contributed by atoms with van der Waals surface area (Å²) in [5, 5.41) is 0.997. The van der Waals surface area contributed by atoms with E-state index < -0.39 is 0 Å². The Morgan fingerprint density at radius 3 is 2.40 bits per heavy atom. The average Bonchev–Trinajstić information content (AvgIpc) is 2.17. The zero-order chi connectivity index (χ0) is 10.4. The minimum atomic E-state index is 0. The van der Waals surface area contributed by atoms with Gasteiger partial charge in [0.1, 0.15) is 5.75 Å². The van der Waals surface area contributed by atoms with E-state index in [1.165, 1.54) is 0 Å². The molecule has 0 aromatic heterocycles. The van der Waals surface area contributed by atoms with E-state index in [1.54, 1.807) is 0 Å². The summed E-state index contributed by atoms with van der Waals surface area (Å²) in [4.78, 5) is 10.2. The van der Waals surface area contributed by atoms with Gasteiger partial charge in [-0.15, -0.1) is 0 Å². The number of carbonyl (C=O) groups excluding carboxylic acids is 1. The summed E-state index contributed by atoms with van der Waals surface area (Å²) >= 11 is 0. The fraction of sp³-hybridized carbons (Fsp3) is 0.364. The molecule has 0 aliphatic rings. The van der Waals surface area contributed by atoms with Crippen LogP contribution in [0.25, 0.3) is 0 Å². The first-order chi connectivity index (χ1) is 6.72. The van der Waals surface area contributed by atoms with E-state index in [9.17, 15) is 4.79 Å². The summed E-state index contributed by atoms with van der Waals surface area (Å²) < 4.78 is 5.51. The maximum Gasteiger partial charge on any atom is 1.00 e. The molecule has 0 saturated heterocycles. The van der Waals surface area contributed by atoms with E-state index in [0.29, 0.717) is 14.5 Å². The fourth-order valence-electron chi connectivity index (χ4n) is 0.952. The Kier molecular flexibility index (Phi) is 7.79. The molecule has 0 amide bonds. The third-order valence-electron chi connectivity index (χ3n) is 1.62. The largest absolute Gasteiger partial charge is 1.00 e. The average molecular weight is 216 g/mol. The predicted molar refractivity (Wildman–Crippen MR) is 60.1 cm³/mol. The Morgan fingerprint density at radius 1 is 1.33 bits per heavy atom. The second kappa shape index (κ2) is 7.94. The van der Waals surface area contributed by atoms with E-state index in [4.69, 9.17) is 4.74 Å². The first-order valence-electron chi connectivity index (χ1n) is 4.59. The van der Waals surface area contributed by atoms with Crippen LogP contribution < -0.4 is 28.9 Å². The summed E-state index contributed by atoms with van der Waals surface area (Å²) in [6.45, 7) is 4.95. The van der Waals surface area contributed by atoms with Crippen LogP contribution in [0.4, 0.5) is 0 Å². The normalized spacial score (nSPS) is 10.3. The van der Waals surface area contributed by atoms with Crippen LogP contribution in [0, 0.1) is 5.92 Å². The maximum atomic E-state index is 10.2. The van der Waals surface area contributed by atoms with Gasteiger partial charge in [-0.2, -0.15) is 5.30 Å². The van der Waals surface area contributed by atoms with E-state index in [-0.39, 0.29) is 18.9 Å². The first-order valence-corrected chi connectivity index (χ1v) is 5.56. The molecular formula is C11H14LiO2P. The number of hydrogen-bond donors (Lipinski definition) is 0. The molecule has 4 heteroatoms. The van der Waals surface area contributed by atoms with Crippen molar-refractivity contribution in [3.63, 3.8) is 0 Å². The molecule has 76 valence electrons. The maximum absolute atomic E-state index is 10.2. The fourth-order valence-corrected chi connectivity index (χ4v) is 1.40. The van der Waals surface area contributed by atoms with Gasteiger partial charge in [0.25, 0.3) is 0 Å².